The van der Waals surface area contributed by atoms with Gasteiger partial charge in [0.15, 0.2) is 11.5 Å². The smallest absolute Gasteiger partial charge is 0.213 e. The van der Waals surface area contributed by atoms with Crippen molar-refractivity contribution in [3.8, 4) is 28.6 Å². The lowest BCUT2D eigenvalue weighted by molar-refractivity contribution is 0.171. The molecule has 6 rings (SSSR count). The minimum absolute atomic E-state index is 0.309. The standard InChI is InChI=1S/C28H29FN4O3/c1-34-27-7-5-24-28(32-27)20(21(29)17-30-24)10-13-33-11-8-18(9-12-33)22-3-4-23(31-22)19-2-6-25-26(16-19)36-15-14-35-25/h2-7,16-18,31H,8-15H2,1H3. The lowest BCUT2D eigenvalue weighted by Gasteiger charge is -2.31. The highest BCUT2D eigenvalue weighted by molar-refractivity contribution is 5.78. The van der Waals surface area contributed by atoms with Crippen molar-refractivity contribution < 1.29 is 18.6 Å². The Morgan fingerprint density at radius 2 is 1.89 bits per heavy atom. The van der Waals surface area contributed by atoms with Crippen LogP contribution in [0.5, 0.6) is 17.4 Å². The number of aromatic nitrogens is 3. The Morgan fingerprint density at radius 1 is 1.06 bits per heavy atom. The van der Waals surface area contributed by atoms with Crippen molar-refractivity contribution in [2.75, 3.05) is 40.0 Å². The van der Waals surface area contributed by atoms with Crippen LogP contribution in [0.3, 0.4) is 0 Å². The predicted octanol–water partition coefficient (Wildman–Crippen LogP) is 4.97. The first kappa shape index (κ1) is 22.8. The number of benzene rings is 1. The van der Waals surface area contributed by atoms with Crippen LogP contribution < -0.4 is 14.2 Å². The molecule has 0 amide bonds. The second kappa shape index (κ2) is 9.78. The van der Waals surface area contributed by atoms with Gasteiger partial charge in [0.1, 0.15) is 19.0 Å². The lowest BCUT2D eigenvalue weighted by Crippen LogP contribution is -2.34. The van der Waals surface area contributed by atoms with E-state index in [2.05, 4.69) is 38.1 Å². The number of methoxy groups -OCH3 is 1. The molecule has 2 aliphatic rings. The van der Waals surface area contributed by atoms with Gasteiger partial charge in [0.2, 0.25) is 5.88 Å². The number of nitrogens with zero attached hydrogens (tertiary/aromatic N) is 3. The third-order valence-corrected chi connectivity index (χ3v) is 7.22. The average molecular weight is 489 g/mol. The van der Waals surface area contributed by atoms with Crippen LogP contribution in [-0.2, 0) is 6.42 Å². The molecule has 1 saturated heterocycles. The third kappa shape index (κ3) is 4.48. The first-order valence-electron chi connectivity index (χ1n) is 12.5. The van der Waals surface area contributed by atoms with E-state index in [0.717, 1.165) is 55.2 Å². The SMILES string of the molecule is COc1ccc2ncc(F)c(CCN3CCC(c4ccc(-c5ccc6c(c5)OCCO6)[nH]4)CC3)c2n1. The average Bonchev–Trinajstić information content (AvgIpc) is 3.43. The number of piperidine rings is 1. The van der Waals surface area contributed by atoms with Gasteiger partial charge in [-0.1, -0.05) is 0 Å². The van der Waals surface area contributed by atoms with Gasteiger partial charge in [0, 0.05) is 41.0 Å². The van der Waals surface area contributed by atoms with Gasteiger partial charge in [-0.2, -0.15) is 0 Å². The molecule has 7 nitrogen and oxygen atoms in total. The van der Waals surface area contributed by atoms with Crippen molar-refractivity contribution in [1.29, 1.82) is 0 Å². The van der Waals surface area contributed by atoms with E-state index in [1.54, 1.807) is 13.2 Å². The Hall–Kier alpha value is -3.65. The molecular weight excluding hydrogens is 459 g/mol. The summed E-state index contributed by atoms with van der Waals surface area (Å²) >= 11 is 0. The van der Waals surface area contributed by atoms with Crippen LogP contribution in [0.4, 0.5) is 4.39 Å². The quantitative estimate of drug-likeness (QED) is 0.413. The Kier molecular flexibility index (Phi) is 6.19. The molecule has 1 fully saturated rings. The van der Waals surface area contributed by atoms with E-state index in [9.17, 15) is 4.39 Å². The number of nitrogens with one attached hydrogen (secondary N) is 1. The molecule has 0 radical (unpaired) electrons. The van der Waals surface area contributed by atoms with Crippen LogP contribution in [0.2, 0.25) is 0 Å². The van der Waals surface area contributed by atoms with Crippen LogP contribution in [0.25, 0.3) is 22.3 Å². The molecule has 0 saturated carbocycles. The van der Waals surface area contributed by atoms with E-state index < -0.39 is 0 Å². The molecule has 36 heavy (non-hydrogen) atoms. The summed E-state index contributed by atoms with van der Waals surface area (Å²) in [5.74, 6) is 2.25. The Balaban J connectivity index is 1.09. The topological polar surface area (TPSA) is 72.5 Å². The molecule has 186 valence electrons. The zero-order valence-electron chi connectivity index (χ0n) is 20.3. The summed E-state index contributed by atoms with van der Waals surface area (Å²) in [6.45, 7) is 3.92. The maximum atomic E-state index is 14.6. The molecule has 0 spiro atoms. The molecule has 1 aromatic carbocycles. The van der Waals surface area contributed by atoms with Crippen molar-refractivity contribution in [3.05, 3.63) is 65.7 Å². The van der Waals surface area contributed by atoms with Gasteiger partial charge in [0.25, 0.3) is 0 Å². The summed E-state index contributed by atoms with van der Waals surface area (Å²) in [5, 5.41) is 0. The summed E-state index contributed by atoms with van der Waals surface area (Å²) in [4.78, 5) is 14.7. The van der Waals surface area contributed by atoms with Gasteiger partial charge in [-0.25, -0.2) is 9.37 Å². The zero-order chi connectivity index (χ0) is 24.5. The van der Waals surface area contributed by atoms with Crippen LogP contribution >= 0.6 is 0 Å². The lowest BCUT2D eigenvalue weighted by atomic mass is 9.93. The maximum absolute atomic E-state index is 14.6. The second-order valence-corrected chi connectivity index (χ2v) is 9.36. The van der Waals surface area contributed by atoms with Crippen LogP contribution in [0.1, 0.15) is 30.0 Å². The molecule has 0 bridgehead atoms. The number of hydrogen-bond donors (Lipinski definition) is 1. The van der Waals surface area contributed by atoms with Crippen molar-refractivity contribution in [1.82, 2.24) is 19.9 Å². The number of hydrogen-bond acceptors (Lipinski definition) is 6. The largest absolute Gasteiger partial charge is 0.486 e. The van der Waals surface area contributed by atoms with Crippen LogP contribution in [-0.4, -0.2) is 59.8 Å². The number of aromatic amines is 1. The predicted molar refractivity (Wildman–Crippen MR) is 135 cm³/mol. The number of likely N-dealkylation sites (tertiary alicyclic amines) is 1. The first-order chi connectivity index (χ1) is 17.7. The molecule has 2 aliphatic heterocycles. The zero-order valence-corrected chi connectivity index (χ0v) is 20.3. The van der Waals surface area contributed by atoms with E-state index in [1.165, 1.54) is 11.9 Å². The highest BCUT2D eigenvalue weighted by Crippen LogP contribution is 2.36. The van der Waals surface area contributed by atoms with Gasteiger partial charge in [0.05, 0.1) is 24.3 Å². The number of H-pyrrole nitrogens is 1. The fraction of sp³-hybridized carbons (Fsp3) is 0.357. The van der Waals surface area contributed by atoms with Crippen LogP contribution in [0, 0.1) is 5.82 Å². The third-order valence-electron chi connectivity index (χ3n) is 7.22. The van der Waals surface area contributed by atoms with Gasteiger partial charge < -0.3 is 24.1 Å². The second-order valence-electron chi connectivity index (χ2n) is 9.36. The Bertz CT molecular complexity index is 1380. The number of pyridine rings is 2. The summed E-state index contributed by atoms with van der Waals surface area (Å²) in [5.41, 5.74) is 5.33. The van der Waals surface area contributed by atoms with E-state index in [1.807, 2.05) is 18.2 Å². The minimum atomic E-state index is -0.309. The summed E-state index contributed by atoms with van der Waals surface area (Å²) in [6.07, 6.45) is 4.01. The van der Waals surface area contributed by atoms with E-state index in [-0.39, 0.29) is 5.82 Å². The molecule has 5 heterocycles. The molecule has 0 atom stereocenters. The number of fused-ring (bicyclic) bond motifs is 2. The fourth-order valence-electron chi connectivity index (χ4n) is 5.20. The normalized spacial score (nSPS) is 16.4. The van der Waals surface area contributed by atoms with Crippen molar-refractivity contribution in [2.24, 2.45) is 0 Å². The Morgan fingerprint density at radius 3 is 2.72 bits per heavy atom. The molecule has 0 unspecified atom stereocenters. The highest BCUT2D eigenvalue weighted by Gasteiger charge is 2.23. The van der Waals surface area contributed by atoms with E-state index >= 15 is 0 Å². The number of halogens is 1. The van der Waals surface area contributed by atoms with Gasteiger partial charge in [-0.15, -0.1) is 0 Å². The van der Waals surface area contributed by atoms with Crippen molar-refractivity contribution in [3.63, 3.8) is 0 Å². The van der Waals surface area contributed by atoms with Crippen molar-refractivity contribution in [2.45, 2.75) is 25.2 Å². The molecule has 8 heteroatoms. The highest BCUT2D eigenvalue weighted by atomic mass is 19.1. The van der Waals surface area contributed by atoms with Gasteiger partial charge in [-0.3, -0.25) is 4.98 Å². The van der Waals surface area contributed by atoms with Gasteiger partial charge >= 0.3 is 0 Å². The molecule has 3 aromatic heterocycles. The monoisotopic (exact) mass is 488 g/mol. The molecule has 4 aromatic rings. The van der Waals surface area contributed by atoms with Crippen LogP contribution in [0.15, 0.2) is 48.7 Å². The Labute approximate surface area is 209 Å². The summed E-state index contributed by atoms with van der Waals surface area (Å²) in [7, 11) is 1.56. The fourth-order valence-corrected chi connectivity index (χ4v) is 5.20. The minimum Gasteiger partial charge on any atom is -0.486 e. The van der Waals surface area contributed by atoms with E-state index in [0.29, 0.717) is 48.0 Å². The molecule has 1 N–H and O–H groups in total. The summed E-state index contributed by atoms with van der Waals surface area (Å²) in [6, 6.07) is 14.0. The molecule has 0 aliphatic carbocycles. The number of ether oxygens (including phenoxy) is 3. The van der Waals surface area contributed by atoms with E-state index in [4.69, 9.17) is 14.2 Å². The van der Waals surface area contributed by atoms with Crippen molar-refractivity contribution >= 4 is 11.0 Å². The first-order valence-corrected chi connectivity index (χ1v) is 12.5. The maximum Gasteiger partial charge on any atom is 0.213 e. The molecular formula is C28H29FN4O3. The van der Waals surface area contributed by atoms with Gasteiger partial charge in [-0.05, 0) is 68.8 Å². The number of rotatable bonds is 6. The summed E-state index contributed by atoms with van der Waals surface area (Å²) < 4.78 is 31.3.